The number of thioether (sulfide) groups is 1. The van der Waals surface area contributed by atoms with Crippen molar-refractivity contribution < 1.29 is 14.6 Å². The smallest absolute Gasteiger partial charge is 0.303 e. The lowest BCUT2D eigenvalue weighted by Crippen LogP contribution is -2.08. The Kier molecular flexibility index (Phi) is 6.06. The fourth-order valence-electron chi connectivity index (χ4n) is 5.83. The maximum atomic E-state index is 11.2. The van der Waals surface area contributed by atoms with Gasteiger partial charge in [-0.3, -0.25) is 4.79 Å². The van der Waals surface area contributed by atoms with Gasteiger partial charge in [0.1, 0.15) is 6.10 Å². The molecule has 0 bridgehead atoms. The normalized spacial score (nSPS) is 18.1. The Morgan fingerprint density at radius 3 is 2.51 bits per heavy atom. The molecule has 5 nitrogen and oxygen atoms in total. The van der Waals surface area contributed by atoms with Crippen LogP contribution in [-0.4, -0.2) is 21.8 Å². The lowest BCUT2D eigenvalue weighted by Gasteiger charge is -2.21. The van der Waals surface area contributed by atoms with Crippen LogP contribution in [0.3, 0.4) is 0 Å². The van der Waals surface area contributed by atoms with Gasteiger partial charge in [-0.25, -0.2) is 4.98 Å². The number of pyridine rings is 1. The van der Waals surface area contributed by atoms with Gasteiger partial charge in [-0.1, -0.05) is 6.07 Å². The summed E-state index contributed by atoms with van der Waals surface area (Å²) in [5, 5.41) is 18.6. The average Bonchev–Trinajstić information content (AvgIpc) is 3.39. The van der Waals surface area contributed by atoms with Crippen molar-refractivity contribution in [2.24, 2.45) is 0 Å². The summed E-state index contributed by atoms with van der Waals surface area (Å²) in [6, 6.07) is 10.4. The number of rotatable bonds is 5. The molecule has 1 N–H and O–H groups in total. The summed E-state index contributed by atoms with van der Waals surface area (Å²) in [4.78, 5) is 16.8. The lowest BCUT2D eigenvalue weighted by molar-refractivity contribution is -0.137. The standard InChI is InChI=1S/C29H28N2O3S/c1-15-7-16(2)29(27-17(3)8-19(12-30)9-18(27)4)21-5-6-23(28(15)21)34-25-11-24-22(13-31-25)20(14-35-24)10-26(32)33/h7-9,11,13,20,23H,5-6,10,14H2,1-4H3,(H,32,33)/t20-,23?/m1/s1. The van der Waals surface area contributed by atoms with E-state index in [1.54, 1.807) is 18.0 Å². The zero-order valence-corrected chi connectivity index (χ0v) is 21.3. The van der Waals surface area contributed by atoms with Gasteiger partial charge in [-0.2, -0.15) is 5.26 Å². The van der Waals surface area contributed by atoms with Crippen molar-refractivity contribution >= 4 is 17.7 Å². The number of aliphatic carboxylic acids is 1. The predicted octanol–water partition coefficient (Wildman–Crippen LogP) is 6.58. The molecule has 2 atom stereocenters. The fourth-order valence-corrected chi connectivity index (χ4v) is 7.08. The first-order valence-corrected chi connectivity index (χ1v) is 12.9. The minimum absolute atomic E-state index is 0.00735. The summed E-state index contributed by atoms with van der Waals surface area (Å²) in [7, 11) is 0. The number of hydrogen-bond acceptors (Lipinski definition) is 5. The van der Waals surface area contributed by atoms with Gasteiger partial charge in [0.05, 0.1) is 18.1 Å². The number of ether oxygens (including phenoxy) is 1. The Hall–Kier alpha value is -3.30. The second-order valence-electron chi connectivity index (χ2n) is 9.69. The molecule has 0 fully saturated rings. The summed E-state index contributed by atoms with van der Waals surface area (Å²) in [5.41, 5.74) is 11.5. The van der Waals surface area contributed by atoms with Gasteiger partial charge < -0.3 is 9.84 Å². The molecular formula is C29H28N2O3S. The summed E-state index contributed by atoms with van der Waals surface area (Å²) in [5.74, 6) is 0.593. The van der Waals surface area contributed by atoms with Crippen LogP contribution in [0.4, 0.5) is 0 Å². The van der Waals surface area contributed by atoms with Crippen LogP contribution in [-0.2, 0) is 11.2 Å². The highest BCUT2D eigenvalue weighted by Crippen LogP contribution is 2.46. The van der Waals surface area contributed by atoms with Crippen molar-refractivity contribution in [1.82, 2.24) is 4.98 Å². The second kappa shape index (κ2) is 9.05. The van der Waals surface area contributed by atoms with Crippen LogP contribution in [0.2, 0.25) is 0 Å². The zero-order chi connectivity index (χ0) is 24.9. The predicted molar refractivity (Wildman–Crippen MR) is 137 cm³/mol. The molecule has 0 spiro atoms. The van der Waals surface area contributed by atoms with E-state index in [4.69, 9.17) is 4.74 Å². The number of nitriles is 1. The molecule has 0 amide bonds. The summed E-state index contributed by atoms with van der Waals surface area (Å²) in [6.07, 6.45) is 3.67. The van der Waals surface area contributed by atoms with E-state index >= 15 is 0 Å². The molecule has 0 radical (unpaired) electrons. The Bertz CT molecular complexity index is 1380. The summed E-state index contributed by atoms with van der Waals surface area (Å²) in [6.45, 7) is 8.49. The van der Waals surface area contributed by atoms with Crippen LogP contribution in [0.5, 0.6) is 5.88 Å². The third kappa shape index (κ3) is 4.19. The first-order chi connectivity index (χ1) is 16.8. The number of fused-ring (bicyclic) bond motifs is 2. The first-order valence-electron chi connectivity index (χ1n) is 11.9. The number of hydrogen-bond donors (Lipinski definition) is 1. The minimum atomic E-state index is -0.777. The number of benzene rings is 2. The van der Waals surface area contributed by atoms with Gasteiger partial charge in [0, 0.05) is 28.8 Å². The SMILES string of the molecule is Cc1cc(C#N)cc(C)c1-c1c(C)cc(C)c2c1CCC2Oc1cc2c(cn1)[C@H](CC(=O)O)CS2. The maximum absolute atomic E-state index is 11.2. The number of carbonyl (C=O) groups is 1. The molecule has 1 aliphatic heterocycles. The number of aryl methyl sites for hydroxylation is 4. The second-order valence-corrected chi connectivity index (χ2v) is 10.7. The average molecular weight is 485 g/mol. The van der Waals surface area contributed by atoms with Gasteiger partial charge in [0.15, 0.2) is 0 Å². The van der Waals surface area contributed by atoms with Gasteiger partial charge in [0.25, 0.3) is 0 Å². The quantitative estimate of drug-likeness (QED) is 0.440. The van der Waals surface area contributed by atoms with Crippen LogP contribution in [0.1, 0.15) is 69.4 Å². The van der Waals surface area contributed by atoms with E-state index in [-0.39, 0.29) is 18.4 Å². The molecule has 2 aromatic carbocycles. The molecule has 2 aliphatic rings. The van der Waals surface area contributed by atoms with Gasteiger partial charge in [-0.15, -0.1) is 11.8 Å². The number of nitrogens with zero attached hydrogens (tertiary/aromatic N) is 2. The number of aromatic nitrogens is 1. The van der Waals surface area contributed by atoms with Crippen molar-refractivity contribution in [2.75, 3.05) is 5.75 Å². The molecule has 178 valence electrons. The molecule has 1 aliphatic carbocycles. The van der Waals surface area contributed by atoms with E-state index in [0.717, 1.165) is 40.2 Å². The van der Waals surface area contributed by atoms with Crippen LogP contribution >= 0.6 is 11.8 Å². The highest BCUT2D eigenvalue weighted by atomic mass is 32.2. The monoisotopic (exact) mass is 484 g/mol. The highest BCUT2D eigenvalue weighted by Gasteiger charge is 2.32. The largest absolute Gasteiger partial charge is 0.481 e. The highest BCUT2D eigenvalue weighted by molar-refractivity contribution is 7.99. The van der Waals surface area contributed by atoms with Crippen molar-refractivity contribution in [2.45, 2.75) is 63.9 Å². The number of carboxylic acids is 1. The minimum Gasteiger partial charge on any atom is -0.481 e. The summed E-state index contributed by atoms with van der Waals surface area (Å²) < 4.78 is 6.47. The lowest BCUT2D eigenvalue weighted by atomic mass is 9.85. The third-order valence-electron chi connectivity index (χ3n) is 7.20. The van der Waals surface area contributed by atoms with Crippen molar-refractivity contribution in [3.8, 4) is 23.1 Å². The molecule has 1 aromatic heterocycles. The molecule has 6 heteroatoms. The topological polar surface area (TPSA) is 83.2 Å². The van der Waals surface area contributed by atoms with E-state index in [0.29, 0.717) is 11.4 Å². The molecule has 3 aromatic rings. The van der Waals surface area contributed by atoms with Crippen LogP contribution in [0.25, 0.3) is 11.1 Å². The van der Waals surface area contributed by atoms with Crippen LogP contribution in [0, 0.1) is 39.0 Å². The van der Waals surface area contributed by atoms with Crippen molar-refractivity contribution in [3.05, 3.63) is 75.0 Å². The molecule has 5 rings (SSSR count). The zero-order valence-electron chi connectivity index (χ0n) is 20.4. The van der Waals surface area contributed by atoms with E-state index < -0.39 is 5.97 Å². The van der Waals surface area contributed by atoms with E-state index in [2.05, 4.69) is 44.8 Å². The van der Waals surface area contributed by atoms with Gasteiger partial charge in [0.2, 0.25) is 5.88 Å². The Morgan fingerprint density at radius 2 is 1.83 bits per heavy atom. The molecule has 1 unspecified atom stereocenters. The van der Waals surface area contributed by atoms with Crippen molar-refractivity contribution in [3.63, 3.8) is 0 Å². The maximum Gasteiger partial charge on any atom is 0.303 e. The molecular weight excluding hydrogens is 456 g/mol. The van der Waals surface area contributed by atoms with Crippen LogP contribution in [0.15, 0.2) is 35.4 Å². The Morgan fingerprint density at radius 1 is 1.11 bits per heavy atom. The van der Waals surface area contributed by atoms with E-state index in [1.165, 1.54) is 33.4 Å². The third-order valence-corrected chi connectivity index (χ3v) is 8.44. The van der Waals surface area contributed by atoms with E-state index in [9.17, 15) is 15.2 Å². The molecule has 0 saturated carbocycles. The van der Waals surface area contributed by atoms with E-state index in [1.807, 2.05) is 18.2 Å². The Labute approximate surface area is 210 Å². The molecule has 35 heavy (non-hydrogen) atoms. The fraction of sp³-hybridized carbons (Fsp3) is 0.345. The summed E-state index contributed by atoms with van der Waals surface area (Å²) >= 11 is 1.68. The van der Waals surface area contributed by atoms with Crippen LogP contribution < -0.4 is 4.74 Å². The van der Waals surface area contributed by atoms with Gasteiger partial charge >= 0.3 is 5.97 Å². The first kappa shape index (κ1) is 23.4. The Balaban J connectivity index is 1.50. The molecule has 2 heterocycles. The number of carboxylic acid groups (broad SMARTS) is 1. The van der Waals surface area contributed by atoms with Crippen molar-refractivity contribution in [1.29, 1.82) is 5.26 Å². The van der Waals surface area contributed by atoms with Gasteiger partial charge in [-0.05, 0) is 103 Å². The molecule has 0 saturated heterocycles.